The minimum Gasteiger partial charge on any atom is -0.444 e. The fraction of sp³-hybridized carbons (Fsp3) is 0.318. The SMILES string of the molecule is CC(C)(C)OC(=O)N[C@@H](CC(F)(F)F)C(=O)Nc1ccc(Cl)cc1C(=O)c1ccccc1. The average Bonchev–Trinajstić information content (AvgIpc) is 2.66. The molecule has 0 unspecified atom stereocenters. The zero-order valence-corrected chi connectivity index (χ0v) is 18.3. The molecule has 0 bridgehead atoms. The number of anilines is 1. The molecule has 0 fully saturated rings. The zero-order valence-electron chi connectivity index (χ0n) is 17.5. The second-order valence-corrected chi connectivity index (χ2v) is 8.33. The summed E-state index contributed by atoms with van der Waals surface area (Å²) in [6.45, 7) is 4.59. The molecule has 2 N–H and O–H groups in total. The number of hydrogen-bond acceptors (Lipinski definition) is 4. The van der Waals surface area contributed by atoms with Crippen molar-refractivity contribution in [3.05, 3.63) is 64.7 Å². The summed E-state index contributed by atoms with van der Waals surface area (Å²) in [7, 11) is 0. The van der Waals surface area contributed by atoms with Crippen molar-refractivity contribution in [1.82, 2.24) is 5.32 Å². The van der Waals surface area contributed by atoms with E-state index in [1.165, 1.54) is 39.0 Å². The molecule has 0 aromatic heterocycles. The molecular weight excluding hydrogens is 449 g/mol. The van der Waals surface area contributed by atoms with Crippen molar-refractivity contribution in [3.63, 3.8) is 0 Å². The summed E-state index contributed by atoms with van der Waals surface area (Å²) in [4.78, 5) is 37.5. The van der Waals surface area contributed by atoms with Crippen molar-refractivity contribution in [2.45, 2.75) is 45.0 Å². The van der Waals surface area contributed by atoms with Crippen LogP contribution in [0.1, 0.15) is 43.1 Å². The molecule has 0 spiro atoms. The van der Waals surface area contributed by atoms with Crippen LogP contribution >= 0.6 is 11.6 Å². The molecule has 0 aliphatic heterocycles. The molecule has 0 radical (unpaired) electrons. The summed E-state index contributed by atoms with van der Waals surface area (Å²) in [6, 6.07) is 10.1. The Labute approximate surface area is 188 Å². The minimum absolute atomic E-state index is 0.0138. The maximum Gasteiger partial charge on any atom is 0.408 e. The van der Waals surface area contributed by atoms with Gasteiger partial charge in [0.05, 0.1) is 12.1 Å². The largest absolute Gasteiger partial charge is 0.444 e. The van der Waals surface area contributed by atoms with Gasteiger partial charge < -0.3 is 15.4 Å². The van der Waals surface area contributed by atoms with Crippen molar-refractivity contribution in [1.29, 1.82) is 0 Å². The van der Waals surface area contributed by atoms with Crippen LogP contribution in [0.2, 0.25) is 5.02 Å². The molecule has 2 aromatic carbocycles. The normalized spacial score (nSPS) is 12.6. The van der Waals surface area contributed by atoms with Gasteiger partial charge in [0, 0.05) is 16.1 Å². The number of alkyl carbamates (subject to hydrolysis) is 1. The maximum atomic E-state index is 13.0. The Morgan fingerprint density at radius 1 is 1.03 bits per heavy atom. The molecule has 6 nitrogen and oxygen atoms in total. The molecule has 0 saturated heterocycles. The van der Waals surface area contributed by atoms with Crippen LogP contribution < -0.4 is 10.6 Å². The van der Waals surface area contributed by atoms with Crippen LogP contribution in [0.25, 0.3) is 0 Å². The van der Waals surface area contributed by atoms with E-state index in [2.05, 4.69) is 5.32 Å². The van der Waals surface area contributed by atoms with Gasteiger partial charge in [0.25, 0.3) is 0 Å². The number of nitrogens with one attached hydrogen (secondary N) is 2. The lowest BCUT2D eigenvalue weighted by atomic mass is 10.0. The molecule has 0 saturated carbocycles. The number of ketones is 1. The smallest absolute Gasteiger partial charge is 0.408 e. The first-order valence-electron chi connectivity index (χ1n) is 9.51. The molecule has 32 heavy (non-hydrogen) atoms. The Kier molecular flexibility index (Phi) is 7.90. The Morgan fingerprint density at radius 3 is 2.22 bits per heavy atom. The Morgan fingerprint density at radius 2 is 1.66 bits per heavy atom. The van der Waals surface area contributed by atoms with E-state index in [1.807, 2.05) is 5.32 Å². The molecule has 2 amide bonds. The van der Waals surface area contributed by atoms with E-state index in [0.29, 0.717) is 5.56 Å². The van der Waals surface area contributed by atoms with Gasteiger partial charge in [0.2, 0.25) is 5.91 Å². The first-order valence-corrected chi connectivity index (χ1v) is 9.89. The summed E-state index contributed by atoms with van der Waals surface area (Å²) in [6.07, 6.45) is -7.56. The number of hydrogen-bond donors (Lipinski definition) is 2. The van der Waals surface area contributed by atoms with Crippen molar-refractivity contribution < 1.29 is 32.3 Å². The van der Waals surface area contributed by atoms with Crippen LogP contribution in [0.3, 0.4) is 0 Å². The molecular formula is C22H22ClF3N2O4. The first kappa shape index (κ1) is 25.2. The third kappa shape index (κ3) is 7.88. The fourth-order valence-electron chi connectivity index (χ4n) is 2.67. The summed E-state index contributed by atoms with van der Waals surface area (Å²) in [5.41, 5.74) is -0.745. The van der Waals surface area contributed by atoms with Gasteiger partial charge in [-0.15, -0.1) is 0 Å². The maximum absolute atomic E-state index is 13.0. The van der Waals surface area contributed by atoms with E-state index in [4.69, 9.17) is 16.3 Å². The van der Waals surface area contributed by atoms with Crippen LogP contribution in [-0.2, 0) is 9.53 Å². The number of carbonyl (C=O) groups is 3. The van der Waals surface area contributed by atoms with Gasteiger partial charge in [0.1, 0.15) is 11.6 Å². The number of benzene rings is 2. The van der Waals surface area contributed by atoms with Gasteiger partial charge >= 0.3 is 12.3 Å². The highest BCUT2D eigenvalue weighted by atomic mass is 35.5. The second kappa shape index (κ2) is 10.0. The van der Waals surface area contributed by atoms with Crippen LogP contribution in [0, 0.1) is 0 Å². The lowest BCUT2D eigenvalue weighted by molar-refractivity contribution is -0.147. The van der Waals surface area contributed by atoms with E-state index < -0.39 is 42.0 Å². The van der Waals surface area contributed by atoms with Gasteiger partial charge in [-0.25, -0.2) is 4.79 Å². The molecule has 0 aliphatic carbocycles. The van der Waals surface area contributed by atoms with E-state index in [-0.39, 0.29) is 16.3 Å². The van der Waals surface area contributed by atoms with E-state index >= 15 is 0 Å². The molecule has 1 atom stereocenters. The minimum atomic E-state index is -4.75. The number of halogens is 4. The van der Waals surface area contributed by atoms with Gasteiger partial charge in [-0.3, -0.25) is 9.59 Å². The van der Waals surface area contributed by atoms with Crippen LogP contribution in [0.5, 0.6) is 0 Å². The number of rotatable bonds is 6. The lowest BCUT2D eigenvalue weighted by Crippen LogP contribution is -2.48. The third-order valence-corrected chi connectivity index (χ3v) is 4.20. The second-order valence-electron chi connectivity index (χ2n) is 7.89. The summed E-state index contributed by atoms with van der Waals surface area (Å²) >= 11 is 5.98. The lowest BCUT2D eigenvalue weighted by Gasteiger charge is -2.24. The first-order chi connectivity index (χ1) is 14.7. The van der Waals surface area contributed by atoms with Gasteiger partial charge in [-0.2, -0.15) is 13.2 Å². The quantitative estimate of drug-likeness (QED) is 0.557. The van der Waals surface area contributed by atoms with E-state index in [0.717, 1.165) is 0 Å². The van der Waals surface area contributed by atoms with Gasteiger partial charge in [0.15, 0.2) is 5.78 Å². The van der Waals surface area contributed by atoms with E-state index in [9.17, 15) is 27.6 Å². The Bertz CT molecular complexity index is 989. The average molecular weight is 471 g/mol. The fourth-order valence-corrected chi connectivity index (χ4v) is 2.84. The van der Waals surface area contributed by atoms with Crippen molar-refractivity contribution in [3.8, 4) is 0 Å². The highest BCUT2D eigenvalue weighted by Gasteiger charge is 2.37. The summed E-state index contributed by atoms with van der Waals surface area (Å²) in [5.74, 6) is -1.66. The molecule has 0 aliphatic rings. The number of alkyl halides is 3. The predicted octanol–water partition coefficient (Wildman–Crippen LogP) is 5.36. The van der Waals surface area contributed by atoms with Crippen LogP contribution in [0.15, 0.2) is 48.5 Å². The van der Waals surface area contributed by atoms with Crippen molar-refractivity contribution in [2.75, 3.05) is 5.32 Å². The molecule has 172 valence electrons. The number of ether oxygens (including phenoxy) is 1. The predicted molar refractivity (Wildman–Crippen MR) is 114 cm³/mol. The Balaban J connectivity index is 2.30. The third-order valence-electron chi connectivity index (χ3n) is 3.96. The molecule has 2 rings (SSSR count). The summed E-state index contributed by atoms with van der Waals surface area (Å²) in [5, 5.41) is 4.42. The van der Waals surface area contributed by atoms with Gasteiger partial charge in [-0.1, -0.05) is 41.9 Å². The highest BCUT2D eigenvalue weighted by molar-refractivity contribution is 6.31. The summed E-state index contributed by atoms with van der Waals surface area (Å²) < 4.78 is 44.0. The molecule has 0 heterocycles. The van der Waals surface area contributed by atoms with Gasteiger partial charge in [-0.05, 0) is 39.0 Å². The number of carbonyl (C=O) groups excluding carboxylic acids is 3. The number of amides is 2. The highest BCUT2D eigenvalue weighted by Crippen LogP contribution is 2.26. The van der Waals surface area contributed by atoms with E-state index in [1.54, 1.807) is 30.3 Å². The Hall–Kier alpha value is -3.07. The molecule has 10 heteroatoms. The standard InChI is InChI=1S/C22H22ClF3N2O4/c1-21(2,3)32-20(31)28-17(12-22(24,25)26)19(30)27-16-10-9-14(23)11-15(16)18(29)13-7-5-4-6-8-13/h4-11,17H,12H2,1-3H3,(H,27,30)(H,28,31)/t17-/m0/s1. The van der Waals surface area contributed by atoms with Crippen LogP contribution in [0.4, 0.5) is 23.7 Å². The zero-order chi connectivity index (χ0) is 24.1. The molecule has 2 aromatic rings. The topological polar surface area (TPSA) is 84.5 Å². The monoisotopic (exact) mass is 470 g/mol. The van der Waals surface area contributed by atoms with Crippen LogP contribution in [-0.4, -0.2) is 35.6 Å². The van der Waals surface area contributed by atoms with Crippen molar-refractivity contribution in [2.24, 2.45) is 0 Å². The van der Waals surface area contributed by atoms with Crippen molar-refractivity contribution >= 4 is 35.1 Å².